The molecule has 0 atom stereocenters. The second kappa shape index (κ2) is 810. The van der Waals surface area contributed by atoms with E-state index in [0.29, 0.717) is 0 Å². The molecule has 0 rings (SSSR count). The molecule has 0 fully saturated rings. The summed E-state index contributed by atoms with van der Waals surface area (Å²) in [5, 5.41) is 0. The van der Waals surface area contributed by atoms with Crippen molar-refractivity contribution in [3.05, 3.63) is 0 Å². The first-order valence-corrected chi connectivity index (χ1v) is 1.15. The molecule has 0 aliphatic heterocycles. The molecule has 0 bridgehead atoms. The maximum Gasteiger partial charge on any atom is 1.00 e. The van der Waals surface area contributed by atoms with E-state index in [1.54, 1.807) is 0 Å². The third kappa shape index (κ3) is 659. The summed E-state index contributed by atoms with van der Waals surface area (Å²) in [5.74, 6) is 0. The zero-order valence-electron chi connectivity index (χ0n) is 8.81. The summed E-state index contributed by atoms with van der Waals surface area (Å²) in [4.78, 5) is 32.0. The Morgan fingerprint density at radius 3 is 0.545 bits per heavy atom. The van der Waals surface area contributed by atoms with E-state index in [0.717, 1.165) is 0 Å². The van der Waals surface area contributed by atoms with Crippen molar-refractivity contribution in [3.63, 3.8) is 0 Å². The number of carbonyl (C=O) groups is 4. The van der Waals surface area contributed by atoms with E-state index in [1.165, 1.54) is 0 Å². The molecule has 0 radical (unpaired) electrons. The van der Waals surface area contributed by atoms with Crippen LogP contribution < -0.4 is 59.1 Å². The second-order valence-electron chi connectivity index (χ2n) is 0. The summed E-state index contributed by atoms with van der Waals surface area (Å²) in [5.41, 5.74) is 0. The fraction of sp³-hybridized carbons (Fsp3) is 0. The fourth-order valence-corrected chi connectivity index (χ4v) is 0. The van der Waals surface area contributed by atoms with E-state index in [1.807, 2.05) is 27.2 Å². The molecular weight excluding hydrogens is 214 g/mol. The molecule has 0 aliphatic carbocycles. The summed E-state index contributed by atoms with van der Waals surface area (Å²) in [6.45, 7) is 8.00. The molecule has 0 heterocycles. The fourth-order valence-electron chi connectivity index (χ4n) is 0. The molecular formula is C4H10FeNa2O4. The number of carbonyl (C=O) groups excluding carboxylic acids is 4. The van der Waals surface area contributed by atoms with Gasteiger partial charge in [-0.2, -0.15) is 0 Å². The van der Waals surface area contributed by atoms with Gasteiger partial charge in [0.25, 0.3) is 0 Å². The van der Waals surface area contributed by atoms with Crippen molar-refractivity contribution in [1.82, 2.24) is 0 Å². The Morgan fingerprint density at radius 1 is 0.545 bits per heavy atom. The number of hydrogen-bond donors (Lipinski definition) is 0. The largest absolute Gasteiger partial charge is 1.00 e. The van der Waals surface area contributed by atoms with Gasteiger partial charge in [0, 0.05) is 17.1 Å². The average molecular weight is 224 g/mol. The normalized spacial score (nSPS) is 1.45. The molecule has 0 saturated carbocycles. The molecule has 0 aromatic rings. The molecule has 0 saturated heterocycles. The maximum absolute atomic E-state index is 8.00. The van der Waals surface area contributed by atoms with Crippen molar-refractivity contribution >= 4 is 27.2 Å². The van der Waals surface area contributed by atoms with Gasteiger partial charge in [0.2, 0.25) is 0 Å². The first kappa shape index (κ1) is 56.6. The van der Waals surface area contributed by atoms with Gasteiger partial charge in [-0.25, -0.2) is 0 Å². The smallest absolute Gasteiger partial charge is 1.00 e. The molecule has 0 amide bonds. The Kier molecular flexibility index (Phi) is 4170. The van der Waals surface area contributed by atoms with Gasteiger partial charge in [-0.3, -0.25) is 0 Å². The Balaban J connectivity index is -0.00000000208. The van der Waals surface area contributed by atoms with Gasteiger partial charge >= 0.3 is 59.1 Å². The third-order valence-electron chi connectivity index (χ3n) is 0. The molecule has 60 valence electrons. The average Bonchev–Trinajstić information content (AvgIpc) is 2.03. The summed E-state index contributed by atoms with van der Waals surface area (Å²) in [6, 6.07) is 0. The molecule has 0 N–H and O–H groups in total. The summed E-state index contributed by atoms with van der Waals surface area (Å²) < 4.78 is 0. The van der Waals surface area contributed by atoms with E-state index >= 15 is 0 Å². The van der Waals surface area contributed by atoms with Crippen LogP contribution >= 0.6 is 0 Å². The first-order valence-electron chi connectivity index (χ1n) is 1.15. The molecule has 0 unspecified atom stereocenters. The predicted molar refractivity (Wildman–Crippen MR) is 30.7 cm³/mol. The summed E-state index contributed by atoms with van der Waals surface area (Å²) in [7, 11) is 0. The van der Waals surface area contributed by atoms with Gasteiger partial charge in [0.05, 0.1) is 0 Å². The quantitative estimate of drug-likeness (QED) is 0.383. The van der Waals surface area contributed by atoms with Crippen molar-refractivity contribution in [2.24, 2.45) is 0 Å². The van der Waals surface area contributed by atoms with Crippen molar-refractivity contribution in [2.75, 3.05) is 0 Å². The van der Waals surface area contributed by atoms with Crippen LogP contribution in [-0.2, 0) is 36.2 Å². The van der Waals surface area contributed by atoms with Crippen molar-refractivity contribution in [3.8, 4) is 0 Å². The van der Waals surface area contributed by atoms with Crippen LogP contribution in [0, 0.1) is 0 Å². The topological polar surface area (TPSA) is 68.3 Å². The minimum absolute atomic E-state index is 0. The molecule has 4 nitrogen and oxygen atoms in total. The predicted octanol–water partition coefficient (Wildman–Crippen LogP) is -6.51. The molecule has 0 aromatic heterocycles. The van der Waals surface area contributed by atoms with Gasteiger partial charge in [0.15, 0.2) is 0 Å². The molecule has 0 aromatic carbocycles. The zero-order valence-corrected chi connectivity index (χ0v) is 11.9. The Labute approximate surface area is 124 Å². The Hall–Kier alpha value is 1.20. The van der Waals surface area contributed by atoms with Gasteiger partial charge in [-0.15, -0.1) is 0 Å². The summed E-state index contributed by atoms with van der Waals surface area (Å²) in [6.07, 6.45) is 0. The Bertz CT molecular complexity index is 36.1. The zero-order chi connectivity index (χ0) is 8.00. The van der Waals surface area contributed by atoms with Gasteiger partial charge in [0.1, 0.15) is 27.2 Å². The van der Waals surface area contributed by atoms with Crippen LogP contribution in [0.25, 0.3) is 0 Å². The van der Waals surface area contributed by atoms with Gasteiger partial charge < -0.3 is 22.0 Å². The van der Waals surface area contributed by atoms with E-state index in [-0.39, 0.29) is 79.0 Å². The van der Waals surface area contributed by atoms with E-state index in [2.05, 4.69) is 0 Å². The molecule has 11 heavy (non-hydrogen) atoms. The SMILES string of the molecule is C=O.C=O.C=O.C=O.[Fe].[H-].[H-].[Na+].[Na+]. The van der Waals surface area contributed by atoms with Crippen molar-refractivity contribution in [2.45, 2.75) is 0 Å². The number of rotatable bonds is 0. The monoisotopic (exact) mass is 224 g/mol. The van der Waals surface area contributed by atoms with Gasteiger partial charge in [-0.1, -0.05) is 0 Å². The van der Waals surface area contributed by atoms with Crippen LogP contribution in [0.5, 0.6) is 0 Å². The van der Waals surface area contributed by atoms with E-state index < -0.39 is 0 Å². The van der Waals surface area contributed by atoms with Crippen LogP contribution in [0.1, 0.15) is 2.85 Å². The van der Waals surface area contributed by atoms with Gasteiger partial charge in [-0.05, 0) is 0 Å². The molecule has 0 aliphatic rings. The van der Waals surface area contributed by atoms with Crippen LogP contribution in [0.2, 0.25) is 0 Å². The summed E-state index contributed by atoms with van der Waals surface area (Å²) >= 11 is 0. The molecule has 7 heteroatoms. The first-order chi connectivity index (χ1) is 4.00. The van der Waals surface area contributed by atoms with Crippen molar-refractivity contribution < 1.29 is 98.2 Å². The van der Waals surface area contributed by atoms with Crippen LogP contribution in [-0.4, -0.2) is 27.2 Å². The van der Waals surface area contributed by atoms with Crippen LogP contribution in [0.3, 0.4) is 0 Å². The third-order valence-corrected chi connectivity index (χ3v) is 0. The van der Waals surface area contributed by atoms with E-state index in [4.69, 9.17) is 19.2 Å². The molecule has 0 spiro atoms. The van der Waals surface area contributed by atoms with Crippen molar-refractivity contribution in [1.29, 1.82) is 0 Å². The maximum atomic E-state index is 8.00. The van der Waals surface area contributed by atoms with Crippen LogP contribution in [0.15, 0.2) is 0 Å². The van der Waals surface area contributed by atoms with E-state index in [9.17, 15) is 0 Å². The number of hydrogen-bond acceptors (Lipinski definition) is 4. The minimum Gasteiger partial charge on any atom is -1.00 e. The minimum atomic E-state index is 0. The second-order valence-corrected chi connectivity index (χ2v) is 0. The standard InChI is InChI=1S/4CH2O.Fe.2Na.2H/c4*1-2;;;;;/h4*1H2;;;;;/q;;;;;2*+1;2*-1. The Morgan fingerprint density at radius 2 is 0.545 bits per heavy atom. The van der Waals surface area contributed by atoms with Crippen LogP contribution in [0.4, 0.5) is 0 Å².